The molecule has 96 valence electrons. The Morgan fingerprint density at radius 1 is 1.47 bits per heavy atom. The molecule has 0 radical (unpaired) electrons. The van der Waals surface area contributed by atoms with Gasteiger partial charge in [-0.1, -0.05) is 18.1 Å². The fraction of sp³-hybridized carbons (Fsp3) is 0.200. The highest BCUT2D eigenvalue weighted by Gasteiger charge is 1.97. The van der Waals surface area contributed by atoms with Gasteiger partial charge in [0, 0.05) is 30.4 Å². The van der Waals surface area contributed by atoms with E-state index < -0.39 is 5.97 Å². The van der Waals surface area contributed by atoms with Crippen molar-refractivity contribution in [3.63, 3.8) is 0 Å². The Hall–Kier alpha value is -2.54. The van der Waals surface area contributed by atoms with E-state index >= 15 is 0 Å². The minimum absolute atomic E-state index is 0.341. The molecule has 1 heterocycles. The van der Waals surface area contributed by atoms with Gasteiger partial charge in [0.05, 0.1) is 12.9 Å². The first kappa shape index (κ1) is 12.9. The molecule has 1 aromatic heterocycles. The van der Waals surface area contributed by atoms with Gasteiger partial charge >= 0.3 is 5.97 Å². The molecule has 0 aliphatic heterocycles. The van der Waals surface area contributed by atoms with Crippen molar-refractivity contribution in [1.82, 2.24) is 9.55 Å². The van der Waals surface area contributed by atoms with E-state index in [0.29, 0.717) is 6.61 Å². The van der Waals surface area contributed by atoms with Gasteiger partial charge in [0.1, 0.15) is 0 Å². The molecule has 0 unspecified atom stereocenters. The smallest absolute Gasteiger partial charge is 0.384 e. The van der Waals surface area contributed by atoms with Crippen LogP contribution in [0.25, 0.3) is 0 Å². The maximum Gasteiger partial charge on any atom is 0.384 e. The third kappa shape index (κ3) is 4.00. The van der Waals surface area contributed by atoms with E-state index in [4.69, 9.17) is 4.74 Å². The van der Waals surface area contributed by atoms with Gasteiger partial charge in [-0.05, 0) is 24.6 Å². The van der Waals surface area contributed by atoms with Crippen LogP contribution in [0.15, 0.2) is 43.0 Å². The minimum Gasteiger partial charge on any atom is -0.456 e. The molecule has 4 heteroatoms. The molecular formula is C15H14N2O2. The lowest BCUT2D eigenvalue weighted by Gasteiger charge is -2.02. The second-order valence-corrected chi connectivity index (χ2v) is 3.91. The van der Waals surface area contributed by atoms with Crippen LogP contribution in [-0.4, -0.2) is 22.1 Å². The molecule has 2 rings (SSSR count). The summed E-state index contributed by atoms with van der Waals surface area (Å²) >= 11 is 0. The van der Waals surface area contributed by atoms with Crippen LogP contribution >= 0.6 is 0 Å². The molecule has 0 saturated heterocycles. The molecule has 19 heavy (non-hydrogen) atoms. The summed E-state index contributed by atoms with van der Waals surface area (Å²) in [5, 5.41) is 0. The summed E-state index contributed by atoms with van der Waals surface area (Å²) in [6, 6.07) is 7.74. The number of carbonyl (C=O) groups excluding carboxylic acids is 1. The molecule has 4 nitrogen and oxygen atoms in total. The van der Waals surface area contributed by atoms with Crippen molar-refractivity contribution in [1.29, 1.82) is 0 Å². The number of esters is 1. The van der Waals surface area contributed by atoms with E-state index in [0.717, 1.165) is 17.7 Å². The average Bonchev–Trinajstić information content (AvgIpc) is 2.90. The summed E-state index contributed by atoms with van der Waals surface area (Å²) in [6.45, 7) is 2.83. The Labute approximate surface area is 112 Å². The van der Waals surface area contributed by atoms with E-state index in [1.165, 1.54) is 0 Å². The van der Waals surface area contributed by atoms with Crippen LogP contribution < -0.4 is 0 Å². The molecule has 0 amide bonds. The maximum absolute atomic E-state index is 11.1. The molecular weight excluding hydrogens is 240 g/mol. The number of aromatic nitrogens is 2. The fourth-order valence-electron chi connectivity index (χ4n) is 1.63. The summed E-state index contributed by atoms with van der Waals surface area (Å²) in [6.07, 6.45) is 5.40. The van der Waals surface area contributed by atoms with E-state index in [-0.39, 0.29) is 0 Å². The zero-order valence-corrected chi connectivity index (χ0v) is 10.7. The third-order valence-electron chi connectivity index (χ3n) is 2.44. The highest BCUT2D eigenvalue weighted by atomic mass is 16.5. The van der Waals surface area contributed by atoms with Crippen LogP contribution in [-0.2, 0) is 16.1 Å². The Kier molecular flexibility index (Phi) is 4.35. The van der Waals surface area contributed by atoms with Gasteiger partial charge in [0.15, 0.2) is 0 Å². The number of nitrogens with zero attached hydrogens (tertiary/aromatic N) is 2. The number of hydrogen-bond donors (Lipinski definition) is 0. The van der Waals surface area contributed by atoms with Gasteiger partial charge < -0.3 is 9.30 Å². The third-order valence-corrected chi connectivity index (χ3v) is 2.44. The number of hydrogen-bond acceptors (Lipinski definition) is 3. The van der Waals surface area contributed by atoms with E-state index in [1.54, 1.807) is 19.4 Å². The molecule has 0 aliphatic rings. The van der Waals surface area contributed by atoms with Crippen LogP contribution in [0.4, 0.5) is 0 Å². The van der Waals surface area contributed by atoms with Crippen molar-refractivity contribution in [2.75, 3.05) is 6.61 Å². The number of imidazole rings is 1. The molecule has 0 saturated carbocycles. The van der Waals surface area contributed by atoms with E-state index in [9.17, 15) is 4.79 Å². The first-order valence-corrected chi connectivity index (χ1v) is 6.01. The lowest BCUT2D eigenvalue weighted by atomic mass is 10.1. The molecule has 0 bridgehead atoms. The van der Waals surface area contributed by atoms with Gasteiger partial charge in [0.25, 0.3) is 0 Å². The first-order valence-electron chi connectivity index (χ1n) is 6.01. The molecule has 1 aromatic carbocycles. The zero-order valence-electron chi connectivity index (χ0n) is 10.7. The van der Waals surface area contributed by atoms with E-state index in [2.05, 4.69) is 16.8 Å². The van der Waals surface area contributed by atoms with Crippen LogP contribution in [0.2, 0.25) is 0 Å². The highest BCUT2D eigenvalue weighted by Crippen LogP contribution is 2.06. The van der Waals surface area contributed by atoms with Crippen LogP contribution in [0.3, 0.4) is 0 Å². The normalized spacial score (nSPS) is 9.53. The van der Waals surface area contributed by atoms with Gasteiger partial charge in [-0.3, -0.25) is 0 Å². The molecule has 0 aliphatic carbocycles. The average molecular weight is 254 g/mol. The molecule has 2 aromatic rings. The summed E-state index contributed by atoms with van der Waals surface area (Å²) in [7, 11) is 0. The summed E-state index contributed by atoms with van der Waals surface area (Å²) in [5.74, 6) is 4.76. The van der Waals surface area contributed by atoms with Crippen molar-refractivity contribution >= 4 is 5.97 Å². The topological polar surface area (TPSA) is 44.1 Å². The monoisotopic (exact) mass is 254 g/mol. The van der Waals surface area contributed by atoms with Crippen LogP contribution in [0, 0.1) is 11.8 Å². The Morgan fingerprint density at radius 3 is 3.11 bits per heavy atom. The van der Waals surface area contributed by atoms with Gasteiger partial charge in [-0.2, -0.15) is 0 Å². The number of carbonyl (C=O) groups is 1. The maximum atomic E-state index is 11.1. The predicted molar refractivity (Wildman–Crippen MR) is 71.3 cm³/mol. The van der Waals surface area contributed by atoms with Crippen molar-refractivity contribution in [2.24, 2.45) is 0 Å². The fourth-order valence-corrected chi connectivity index (χ4v) is 1.63. The van der Waals surface area contributed by atoms with E-state index in [1.807, 2.05) is 35.0 Å². The van der Waals surface area contributed by atoms with Gasteiger partial charge in [-0.25, -0.2) is 9.78 Å². The van der Waals surface area contributed by atoms with Crippen LogP contribution in [0.1, 0.15) is 18.1 Å². The lowest BCUT2D eigenvalue weighted by Crippen LogP contribution is -2.00. The van der Waals surface area contributed by atoms with Crippen molar-refractivity contribution in [2.45, 2.75) is 13.5 Å². The quantitative estimate of drug-likeness (QED) is 0.620. The van der Waals surface area contributed by atoms with Gasteiger partial charge in [-0.15, -0.1) is 0 Å². The number of rotatable bonds is 3. The Balaban J connectivity index is 2.09. The van der Waals surface area contributed by atoms with Gasteiger partial charge in [0.2, 0.25) is 0 Å². The Morgan fingerprint density at radius 2 is 2.37 bits per heavy atom. The lowest BCUT2D eigenvalue weighted by molar-refractivity contribution is -0.136. The summed E-state index contributed by atoms with van der Waals surface area (Å²) in [5.41, 5.74) is 1.90. The second-order valence-electron chi connectivity index (χ2n) is 3.91. The van der Waals surface area contributed by atoms with Crippen molar-refractivity contribution in [3.8, 4) is 11.8 Å². The van der Waals surface area contributed by atoms with Crippen molar-refractivity contribution in [3.05, 3.63) is 54.1 Å². The van der Waals surface area contributed by atoms with Crippen LogP contribution in [0.5, 0.6) is 0 Å². The zero-order chi connectivity index (χ0) is 13.5. The second kappa shape index (κ2) is 6.41. The minimum atomic E-state index is -0.498. The molecule has 0 spiro atoms. The highest BCUT2D eigenvalue weighted by molar-refractivity contribution is 5.89. The largest absolute Gasteiger partial charge is 0.456 e. The van der Waals surface area contributed by atoms with Crippen molar-refractivity contribution < 1.29 is 9.53 Å². The predicted octanol–water partition coefficient (Wildman–Crippen LogP) is 1.85. The molecule has 0 fully saturated rings. The Bertz CT molecular complexity index is 607. The molecule has 0 atom stereocenters. The number of benzene rings is 1. The summed E-state index contributed by atoms with van der Waals surface area (Å²) in [4.78, 5) is 15.1. The number of ether oxygens (including phenoxy) is 1. The standard InChI is InChI=1S/C15H14N2O2/c1-2-19-15(18)7-6-13-4-3-5-14(10-13)11-17-9-8-16-12-17/h3-5,8-10,12H,2,11H2,1H3. The summed E-state index contributed by atoms with van der Waals surface area (Å²) < 4.78 is 6.72. The molecule has 0 N–H and O–H groups in total. The first-order chi connectivity index (χ1) is 9.28. The SMILES string of the molecule is CCOC(=O)C#Cc1cccc(Cn2ccnc2)c1.